The van der Waals surface area contributed by atoms with Gasteiger partial charge < -0.3 is 14.3 Å². The maximum Gasteiger partial charge on any atom is 0.254 e. The Morgan fingerprint density at radius 1 is 1.10 bits per heavy atom. The second-order valence-electron chi connectivity index (χ2n) is 7.53. The number of hydrogen-bond donors (Lipinski definition) is 0. The molecule has 3 aromatic rings. The van der Waals surface area contributed by atoms with Crippen LogP contribution in [-0.2, 0) is 6.54 Å². The van der Waals surface area contributed by atoms with Gasteiger partial charge in [-0.25, -0.2) is 0 Å². The van der Waals surface area contributed by atoms with Crippen molar-refractivity contribution in [3.05, 3.63) is 70.2 Å². The lowest BCUT2D eigenvalue weighted by molar-refractivity contribution is 0.0730. The Kier molecular flexibility index (Phi) is 6.23. The van der Waals surface area contributed by atoms with Crippen LogP contribution in [0.5, 0.6) is 0 Å². The number of hydrogen-bond acceptors (Lipinski definition) is 4. The number of benzene rings is 2. The number of carbonyl (C=O) groups is 1. The number of amides is 1. The summed E-state index contributed by atoms with van der Waals surface area (Å²) in [4.78, 5) is 17.5. The molecule has 0 saturated heterocycles. The van der Waals surface area contributed by atoms with Crippen molar-refractivity contribution >= 4 is 27.7 Å². The SMILES string of the molecule is CCN(CC)c1onc(-c2ccccc2)c1CN(C(=O)c1cccc(Br)c1)C1CC1. The molecule has 0 radical (unpaired) electrons. The Labute approximate surface area is 185 Å². The highest BCUT2D eigenvalue weighted by Gasteiger charge is 2.35. The maximum atomic E-state index is 13.4. The molecule has 0 atom stereocenters. The van der Waals surface area contributed by atoms with Crippen LogP contribution < -0.4 is 4.90 Å². The van der Waals surface area contributed by atoms with Crippen LogP contribution >= 0.6 is 15.9 Å². The molecule has 6 heteroatoms. The van der Waals surface area contributed by atoms with Gasteiger partial charge in [-0.05, 0) is 44.9 Å². The third kappa shape index (κ3) is 4.29. The molecular weight excluding hydrogens is 442 g/mol. The largest absolute Gasteiger partial charge is 0.341 e. The normalized spacial score (nSPS) is 13.3. The van der Waals surface area contributed by atoms with Gasteiger partial charge in [0.25, 0.3) is 5.91 Å². The van der Waals surface area contributed by atoms with Gasteiger partial charge in [-0.15, -0.1) is 0 Å². The van der Waals surface area contributed by atoms with Crippen LogP contribution in [0, 0.1) is 0 Å². The lowest BCUT2D eigenvalue weighted by atomic mass is 10.1. The van der Waals surface area contributed by atoms with E-state index in [0.717, 1.165) is 53.1 Å². The van der Waals surface area contributed by atoms with E-state index in [1.165, 1.54) is 0 Å². The first-order valence-corrected chi connectivity index (χ1v) is 11.3. The van der Waals surface area contributed by atoms with Crippen molar-refractivity contribution in [1.82, 2.24) is 10.1 Å². The first-order chi connectivity index (χ1) is 14.6. The van der Waals surface area contributed by atoms with Gasteiger partial charge in [-0.3, -0.25) is 4.79 Å². The predicted octanol–water partition coefficient (Wildman–Crippen LogP) is 5.76. The Bertz CT molecular complexity index is 1010. The van der Waals surface area contributed by atoms with Gasteiger partial charge in [0.05, 0.1) is 12.1 Å². The second-order valence-corrected chi connectivity index (χ2v) is 8.44. The van der Waals surface area contributed by atoms with E-state index in [0.29, 0.717) is 12.1 Å². The molecular formula is C24H26BrN3O2. The van der Waals surface area contributed by atoms with Gasteiger partial charge in [0.1, 0.15) is 5.69 Å². The van der Waals surface area contributed by atoms with Gasteiger partial charge in [-0.1, -0.05) is 57.5 Å². The summed E-state index contributed by atoms with van der Waals surface area (Å²) >= 11 is 3.48. The topological polar surface area (TPSA) is 49.6 Å². The van der Waals surface area contributed by atoms with E-state index in [9.17, 15) is 4.79 Å². The van der Waals surface area contributed by atoms with Crippen molar-refractivity contribution in [2.75, 3.05) is 18.0 Å². The van der Waals surface area contributed by atoms with E-state index >= 15 is 0 Å². The molecule has 1 amide bonds. The van der Waals surface area contributed by atoms with E-state index in [-0.39, 0.29) is 11.9 Å². The summed E-state index contributed by atoms with van der Waals surface area (Å²) < 4.78 is 6.74. The van der Waals surface area contributed by atoms with Crippen molar-refractivity contribution in [1.29, 1.82) is 0 Å². The zero-order valence-corrected chi connectivity index (χ0v) is 18.9. The summed E-state index contributed by atoms with van der Waals surface area (Å²) in [5, 5.41) is 4.42. The third-order valence-corrected chi connectivity index (χ3v) is 6.01. The molecule has 30 heavy (non-hydrogen) atoms. The molecule has 1 aliphatic carbocycles. The zero-order valence-electron chi connectivity index (χ0n) is 17.3. The summed E-state index contributed by atoms with van der Waals surface area (Å²) in [7, 11) is 0. The first kappa shape index (κ1) is 20.7. The van der Waals surface area contributed by atoms with Gasteiger partial charge >= 0.3 is 0 Å². The monoisotopic (exact) mass is 467 g/mol. The van der Waals surface area contributed by atoms with Crippen LogP contribution in [0.1, 0.15) is 42.6 Å². The van der Waals surface area contributed by atoms with Crippen LogP contribution in [0.4, 0.5) is 5.88 Å². The Morgan fingerprint density at radius 2 is 1.83 bits per heavy atom. The van der Waals surface area contributed by atoms with Gasteiger partial charge in [-0.2, -0.15) is 0 Å². The number of halogens is 1. The van der Waals surface area contributed by atoms with E-state index in [1.807, 2.05) is 59.5 Å². The summed E-state index contributed by atoms with van der Waals surface area (Å²) in [6, 6.07) is 17.9. The molecule has 0 bridgehead atoms. The molecule has 1 saturated carbocycles. The molecule has 156 valence electrons. The molecule has 2 aromatic carbocycles. The minimum absolute atomic E-state index is 0.0458. The number of aromatic nitrogens is 1. The van der Waals surface area contributed by atoms with Gasteiger partial charge in [0, 0.05) is 34.7 Å². The van der Waals surface area contributed by atoms with Gasteiger partial charge in [0.15, 0.2) is 0 Å². The van der Waals surface area contributed by atoms with Crippen LogP contribution in [0.3, 0.4) is 0 Å². The fraction of sp³-hybridized carbons (Fsp3) is 0.333. The van der Waals surface area contributed by atoms with Crippen LogP contribution in [0.25, 0.3) is 11.3 Å². The minimum Gasteiger partial charge on any atom is -0.341 e. The van der Waals surface area contributed by atoms with Crippen molar-refractivity contribution in [3.8, 4) is 11.3 Å². The first-order valence-electron chi connectivity index (χ1n) is 10.5. The summed E-state index contributed by atoms with van der Waals surface area (Å²) in [6.45, 7) is 6.31. The molecule has 1 aromatic heterocycles. The molecule has 4 rings (SSSR count). The molecule has 5 nitrogen and oxygen atoms in total. The Morgan fingerprint density at radius 3 is 2.47 bits per heavy atom. The van der Waals surface area contributed by atoms with Crippen LogP contribution in [0.2, 0.25) is 0 Å². The van der Waals surface area contributed by atoms with E-state index in [1.54, 1.807) is 0 Å². The van der Waals surface area contributed by atoms with Crippen molar-refractivity contribution < 1.29 is 9.32 Å². The van der Waals surface area contributed by atoms with Crippen LogP contribution in [-0.4, -0.2) is 35.1 Å². The number of carbonyl (C=O) groups excluding carboxylic acids is 1. The van der Waals surface area contributed by atoms with Crippen molar-refractivity contribution in [2.24, 2.45) is 0 Å². The summed E-state index contributed by atoms with van der Waals surface area (Å²) in [6.07, 6.45) is 2.07. The molecule has 0 unspecified atom stereocenters. The average molecular weight is 468 g/mol. The molecule has 0 spiro atoms. The molecule has 1 heterocycles. The number of nitrogens with zero attached hydrogens (tertiary/aromatic N) is 3. The second kappa shape index (κ2) is 9.04. The molecule has 1 fully saturated rings. The summed E-state index contributed by atoms with van der Waals surface area (Å²) in [5.74, 6) is 0.802. The zero-order chi connectivity index (χ0) is 21.1. The molecule has 1 aliphatic rings. The van der Waals surface area contributed by atoms with E-state index < -0.39 is 0 Å². The lowest BCUT2D eigenvalue weighted by Crippen LogP contribution is -2.33. The van der Waals surface area contributed by atoms with Crippen molar-refractivity contribution in [3.63, 3.8) is 0 Å². The molecule has 0 N–H and O–H groups in total. The third-order valence-electron chi connectivity index (χ3n) is 5.51. The number of anilines is 1. The summed E-state index contributed by atoms with van der Waals surface area (Å²) in [5.41, 5.74) is 3.48. The van der Waals surface area contributed by atoms with E-state index in [2.05, 4.69) is 39.8 Å². The maximum absolute atomic E-state index is 13.4. The highest BCUT2D eigenvalue weighted by molar-refractivity contribution is 9.10. The van der Waals surface area contributed by atoms with Crippen molar-refractivity contribution in [2.45, 2.75) is 39.3 Å². The fourth-order valence-electron chi connectivity index (χ4n) is 3.74. The van der Waals surface area contributed by atoms with Gasteiger partial charge in [0.2, 0.25) is 5.88 Å². The highest BCUT2D eigenvalue weighted by atomic mass is 79.9. The quantitative estimate of drug-likeness (QED) is 0.422. The fourth-order valence-corrected chi connectivity index (χ4v) is 4.14. The minimum atomic E-state index is 0.0458. The smallest absolute Gasteiger partial charge is 0.254 e. The van der Waals surface area contributed by atoms with Crippen LogP contribution in [0.15, 0.2) is 63.6 Å². The van der Waals surface area contributed by atoms with E-state index in [4.69, 9.17) is 4.52 Å². The average Bonchev–Trinajstić information content (AvgIpc) is 3.53. The lowest BCUT2D eigenvalue weighted by Gasteiger charge is -2.25. The Balaban J connectivity index is 1.73. The Hall–Kier alpha value is -2.60. The molecule has 0 aliphatic heterocycles. The highest BCUT2D eigenvalue weighted by Crippen LogP contribution is 2.36. The predicted molar refractivity (Wildman–Crippen MR) is 123 cm³/mol. The number of rotatable bonds is 8. The standard InChI is InChI=1S/C24H26BrN3O2/c1-3-27(4-2)24-21(22(26-30-24)17-9-6-5-7-10-17)16-28(20-13-14-20)23(29)18-11-8-12-19(25)15-18/h5-12,15,20H,3-4,13-14,16H2,1-2H3.